The summed E-state index contributed by atoms with van der Waals surface area (Å²) in [7, 11) is 11.3. The maximum atomic E-state index is 5.27. The van der Waals surface area contributed by atoms with E-state index in [9.17, 15) is 0 Å². The Bertz CT molecular complexity index is 616. The summed E-state index contributed by atoms with van der Waals surface area (Å²) in [5, 5.41) is 4.65. The fourth-order valence-corrected chi connectivity index (χ4v) is 1.77. The second-order valence-corrected chi connectivity index (χ2v) is 6.41. The van der Waals surface area contributed by atoms with Crippen LogP contribution in [0.5, 0.6) is 0 Å². The van der Waals surface area contributed by atoms with E-state index >= 15 is 0 Å². The van der Waals surface area contributed by atoms with E-state index in [0.29, 0.717) is 5.11 Å². The van der Waals surface area contributed by atoms with Gasteiger partial charge in [0.2, 0.25) is 0 Å². The van der Waals surface area contributed by atoms with Crippen LogP contribution < -0.4 is 5.43 Å². The quantitative estimate of drug-likeness (QED) is 0.339. The van der Waals surface area contributed by atoms with Crippen molar-refractivity contribution in [3.05, 3.63) is 60.2 Å². The second kappa shape index (κ2) is 13.1. The number of hydrazone groups is 1. The SMILES string of the molecule is CN(CCc1ccccn1)C(=S)N/N=C/c1ccccn1.[Cl][Cu][Cl]. The van der Waals surface area contributed by atoms with Crippen molar-refractivity contribution in [1.82, 2.24) is 20.3 Å². The zero-order chi connectivity index (χ0) is 17.6. The van der Waals surface area contributed by atoms with Gasteiger partial charge in [-0.15, -0.1) is 0 Å². The van der Waals surface area contributed by atoms with Crippen molar-refractivity contribution >= 4 is 43.7 Å². The fraction of sp³-hybridized carbons (Fsp3) is 0.200. The van der Waals surface area contributed by atoms with Gasteiger partial charge in [0.15, 0.2) is 5.11 Å². The molecule has 133 valence electrons. The Balaban J connectivity index is 0.000000891. The molecule has 2 heterocycles. The van der Waals surface area contributed by atoms with Gasteiger partial charge >= 0.3 is 33.3 Å². The maximum absolute atomic E-state index is 5.27. The molecular formula is C15H17Cl2CuN5S. The molecule has 0 amide bonds. The number of aromatic nitrogens is 2. The summed E-state index contributed by atoms with van der Waals surface area (Å²) in [4.78, 5) is 10.4. The van der Waals surface area contributed by atoms with Crippen LogP contribution in [0, 0.1) is 0 Å². The summed E-state index contributed by atoms with van der Waals surface area (Å²) in [6.07, 6.45) is 5.99. The predicted molar refractivity (Wildman–Crippen MR) is 99.8 cm³/mol. The molecule has 0 radical (unpaired) electrons. The van der Waals surface area contributed by atoms with E-state index in [-0.39, 0.29) is 0 Å². The van der Waals surface area contributed by atoms with Crippen LogP contribution in [-0.4, -0.2) is 39.8 Å². The number of hydrogen-bond acceptors (Lipinski definition) is 4. The molecule has 0 unspecified atom stereocenters. The number of pyridine rings is 2. The molecule has 0 saturated carbocycles. The number of nitrogens with zero attached hydrogens (tertiary/aromatic N) is 4. The molecule has 0 aliphatic rings. The Morgan fingerprint density at radius 2 is 1.92 bits per heavy atom. The minimum absolute atomic E-state index is 0.568. The van der Waals surface area contributed by atoms with E-state index in [1.807, 2.05) is 48.3 Å². The van der Waals surface area contributed by atoms with Crippen molar-refractivity contribution in [2.45, 2.75) is 6.42 Å². The minimum atomic E-state index is 0.568. The number of halogens is 2. The van der Waals surface area contributed by atoms with Crippen molar-refractivity contribution in [2.75, 3.05) is 13.6 Å². The predicted octanol–water partition coefficient (Wildman–Crippen LogP) is 3.24. The van der Waals surface area contributed by atoms with E-state index in [4.69, 9.17) is 12.2 Å². The fourth-order valence-electron chi connectivity index (χ4n) is 1.62. The Kier molecular flexibility index (Phi) is 11.4. The van der Waals surface area contributed by atoms with Gasteiger partial charge in [0, 0.05) is 38.1 Å². The van der Waals surface area contributed by atoms with E-state index in [0.717, 1.165) is 37.5 Å². The average molecular weight is 434 g/mol. The topological polar surface area (TPSA) is 53.4 Å². The Hall–Kier alpha value is -1.24. The first kappa shape index (κ1) is 20.8. The molecule has 0 bridgehead atoms. The van der Waals surface area contributed by atoms with Gasteiger partial charge in [-0.25, -0.2) is 0 Å². The zero-order valence-electron chi connectivity index (χ0n) is 12.9. The van der Waals surface area contributed by atoms with Gasteiger partial charge in [-0.1, -0.05) is 12.1 Å². The first-order chi connectivity index (χ1) is 11.7. The molecule has 0 aliphatic carbocycles. The number of nitrogens with one attached hydrogen (secondary N) is 1. The van der Waals surface area contributed by atoms with E-state index < -0.39 is 0 Å². The molecule has 0 spiro atoms. The molecule has 9 heteroatoms. The van der Waals surface area contributed by atoms with Crippen molar-refractivity contribution in [3.8, 4) is 0 Å². The molecule has 5 nitrogen and oxygen atoms in total. The monoisotopic (exact) mass is 432 g/mol. The third-order valence-electron chi connectivity index (χ3n) is 2.82. The molecule has 0 aliphatic heterocycles. The van der Waals surface area contributed by atoms with Gasteiger partial charge in [-0.2, -0.15) is 5.10 Å². The van der Waals surface area contributed by atoms with Crippen LogP contribution in [0.25, 0.3) is 0 Å². The normalized spacial score (nSPS) is 10.1. The molecule has 0 aromatic carbocycles. The molecular weight excluding hydrogens is 417 g/mol. The van der Waals surface area contributed by atoms with Crippen LogP contribution >= 0.6 is 32.4 Å². The summed E-state index contributed by atoms with van der Waals surface area (Å²) in [6.45, 7) is 0.780. The van der Waals surface area contributed by atoms with Crippen molar-refractivity contribution < 1.29 is 13.1 Å². The first-order valence-corrected chi connectivity index (χ1v) is 9.83. The van der Waals surface area contributed by atoms with Crippen LogP contribution in [0.3, 0.4) is 0 Å². The average Bonchev–Trinajstić information content (AvgIpc) is 2.62. The van der Waals surface area contributed by atoms with Crippen LogP contribution in [0.1, 0.15) is 11.4 Å². The summed E-state index contributed by atoms with van der Waals surface area (Å²) < 4.78 is 0. The van der Waals surface area contributed by atoms with Gasteiger partial charge in [-0.3, -0.25) is 15.4 Å². The van der Waals surface area contributed by atoms with Crippen LogP contribution in [-0.2, 0) is 19.6 Å². The van der Waals surface area contributed by atoms with Crippen molar-refractivity contribution in [2.24, 2.45) is 5.10 Å². The first-order valence-electron chi connectivity index (χ1n) is 6.83. The van der Waals surface area contributed by atoms with E-state index in [1.54, 1.807) is 18.6 Å². The van der Waals surface area contributed by atoms with Crippen molar-refractivity contribution in [3.63, 3.8) is 0 Å². The summed E-state index contributed by atoms with van der Waals surface area (Å²) >= 11 is 6.02. The molecule has 0 atom stereocenters. The summed E-state index contributed by atoms with van der Waals surface area (Å²) in [5.74, 6) is 0. The van der Waals surface area contributed by atoms with Crippen LogP contribution in [0.4, 0.5) is 0 Å². The van der Waals surface area contributed by atoms with Gasteiger partial charge in [-0.05, 0) is 36.5 Å². The standard InChI is InChI=1S/C15H17N5S.2ClH.Cu/c1-20(11-8-13-6-2-4-9-16-13)15(21)19-18-12-14-7-3-5-10-17-14;;;/h2-7,9-10,12H,8,11H2,1H3,(H,19,21);2*1H;/q;;;+2/p-2/b18-12+;;;. The van der Waals surface area contributed by atoms with E-state index in [2.05, 4.69) is 40.7 Å². The molecule has 0 fully saturated rings. The Labute approximate surface area is 162 Å². The summed E-state index contributed by atoms with van der Waals surface area (Å²) in [5.41, 5.74) is 4.66. The number of likely N-dealkylation sites (N-methyl/N-ethyl adjacent to an activating group) is 1. The van der Waals surface area contributed by atoms with E-state index in [1.165, 1.54) is 0 Å². The summed E-state index contributed by atoms with van der Waals surface area (Å²) in [6, 6.07) is 11.5. The molecule has 2 aromatic heterocycles. The molecule has 1 N–H and O–H groups in total. The zero-order valence-corrected chi connectivity index (χ0v) is 16.1. The third kappa shape index (κ3) is 9.15. The van der Waals surface area contributed by atoms with Gasteiger partial charge in [0.25, 0.3) is 0 Å². The molecule has 2 rings (SSSR count). The molecule has 2 aromatic rings. The van der Waals surface area contributed by atoms with Gasteiger partial charge < -0.3 is 4.90 Å². The van der Waals surface area contributed by atoms with Crippen LogP contribution in [0.2, 0.25) is 0 Å². The Morgan fingerprint density at radius 1 is 1.25 bits per heavy atom. The number of hydrogen-bond donors (Lipinski definition) is 1. The number of thiocarbonyl (C=S) groups is 1. The molecule has 24 heavy (non-hydrogen) atoms. The third-order valence-corrected chi connectivity index (χ3v) is 3.22. The van der Waals surface area contributed by atoms with Crippen LogP contribution in [0.15, 0.2) is 53.9 Å². The molecule has 0 saturated heterocycles. The van der Waals surface area contributed by atoms with Gasteiger partial charge in [0.1, 0.15) is 0 Å². The number of rotatable bonds is 5. The van der Waals surface area contributed by atoms with Crippen molar-refractivity contribution in [1.29, 1.82) is 0 Å². The van der Waals surface area contributed by atoms with Gasteiger partial charge in [0.05, 0.1) is 11.9 Å². The second-order valence-electron chi connectivity index (χ2n) is 4.47. The Morgan fingerprint density at radius 3 is 2.50 bits per heavy atom.